The molecule has 0 radical (unpaired) electrons. The summed E-state index contributed by atoms with van der Waals surface area (Å²) in [5, 5.41) is 8.71. The third-order valence-corrected chi connectivity index (χ3v) is 1.98. The Morgan fingerprint density at radius 1 is 1.90 bits per heavy atom. The molecule has 3 nitrogen and oxygen atoms in total. The molecule has 0 bridgehead atoms. The van der Waals surface area contributed by atoms with Crippen molar-refractivity contribution in [1.29, 1.82) is 0 Å². The number of hydrogen-bond donors (Lipinski definition) is 1. The van der Waals surface area contributed by atoms with Gasteiger partial charge in [-0.3, -0.25) is 4.79 Å². The first kappa shape index (κ1) is 7.54. The maximum Gasteiger partial charge on any atom is 0.306 e. The van der Waals surface area contributed by atoms with Gasteiger partial charge in [0.15, 0.2) is 0 Å². The quantitative estimate of drug-likeness (QED) is 0.562. The molecular formula is C7H12O3. The Morgan fingerprint density at radius 2 is 2.60 bits per heavy atom. The molecule has 0 aromatic carbocycles. The highest BCUT2D eigenvalue weighted by Gasteiger charge is 2.27. The maximum absolute atomic E-state index is 10.6. The minimum absolute atomic E-state index is 0.134. The Labute approximate surface area is 60.0 Å². The second kappa shape index (κ2) is 3.01. The highest BCUT2D eigenvalue weighted by molar-refractivity contribution is 5.71. The molecular weight excluding hydrogens is 132 g/mol. The Bertz CT molecular complexity index is 133. The van der Waals surface area contributed by atoms with E-state index in [4.69, 9.17) is 9.84 Å². The van der Waals surface area contributed by atoms with E-state index in [1.54, 1.807) is 0 Å². The summed E-state index contributed by atoms with van der Waals surface area (Å²) in [6.45, 7) is 2.55. The normalized spacial score (nSPS) is 28.2. The van der Waals surface area contributed by atoms with Crippen molar-refractivity contribution < 1.29 is 14.6 Å². The number of ether oxygens (including phenoxy) is 1. The number of esters is 1. The summed E-state index contributed by atoms with van der Waals surface area (Å²) < 4.78 is 4.74. The predicted octanol–water partition coefficient (Wildman–Crippen LogP) is 0.178. The van der Waals surface area contributed by atoms with Gasteiger partial charge < -0.3 is 9.84 Å². The summed E-state index contributed by atoms with van der Waals surface area (Å²) >= 11 is 0. The molecule has 0 aliphatic carbocycles. The number of aliphatic hydroxyl groups is 1. The van der Waals surface area contributed by atoms with Gasteiger partial charge in [0.1, 0.15) is 0 Å². The van der Waals surface area contributed by atoms with Crippen LogP contribution in [-0.4, -0.2) is 24.3 Å². The van der Waals surface area contributed by atoms with Gasteiger partial charge in [-0.15, -0.1) is 0 Å². The van der Waals surface area contributed by atoms with Crippen LogP contribution < -0.4 is 0 Å². The van der Waals surface area contributed by atoms with Gasteiger partial charge in [-0.2, -0.15) is 0 Å². The fourth-order valence-electron chi connectivity index (χ4n) is 1.05. The molecule has 1 rings (SSSR count). The highest BCUT2D eigenvalue weighted by atomic mass is 16.5. The van der Waals surface area contributed by atoms with E-state index in [2.05, 4.69) is 0 Å². The van der Waals surface area contributed by atoms with Gasteiger partial charge in [0.2, 0.25) is 0 Å². The van der Waals surface area contributed by atoms with Crippen LogP contribution in [0.3, 0.4) is 0 Å². The number of rotatable bonds is 2. The number of carbonyl (C=O) groups excluding carboxylic acids is 1. The molecule has 3 heteroatoms. The minimum atomic E-state index is -0.134. The molecule has 0 aromatic rings. The monoisotopic (exact) mass is 144 g/mol. The Balaban J connectivity index is 2.36. The van der Waals surface area contributed by atoms with E-state index in [0.717, 1.165) is 0 Å². The second-order valence-electron chi connectivity index (χ2n) is 2.81. The first-order chi connectivity index (χ1) is 4.74. The number of hydrogen-bond acceptors (Lipinski definition) is 3. The molecule has 1 heterocycles. The zero-order chi connectivity index (χ0) is 7.56. The fraction of sp³-hybridized carbons (Fsp3) is 0.857. The standard InChI is InChI=1S/C7H12O3/c1-5(3-8)6-2-7(9)10-4-6/h5-6,8H,2-4H2,1H3/t5-,6-/m0/s1. The smallest absolute Gasteiger partial charge is 0.306 e. The van der Waals surface area contributed by atoms with Crippen molar-refractivity contribution in [2.45, 2.75) is 13.3 Å². The number of aliphatic hydroxyl groups excluding tert-OH is 1. The zero-order valence-electron chi connectivity index (χ0n) is 6.04. The molecule has 0 amide bonds. The van der Waals surface area contributed by atoms with Gasteiger partial charge in [0, 0.05) is 12.5 Å². The summed E-state index contributed by atoms with van der Waals surface area (Å²) in [6.07, 6.45) is 0.474. The second-order valence-corrected chi connectivity index (χ2v) is 2.81. The third kappa shape index (κ3) is 1.48. The largest absolute Gasteiger partial charge is 0.465 e. The molecule has 1 saturated heterocycles. The minimum Gasteiger partial charge on any atom is -0.465 e. The molecule has 1 aliphatic heterocycles. The van der Waals surface area contributed by atoms with Gasteiger partial charge in [0.25, 0.3) is 0 Å². The average molecular weight is 144 g/mol. The van der Waals surface area contributed by atoms with Crippen LogP contribution in [0.25, 0.3) is 0 Å². The van der Waals surface area contributed by atoms with Gasteiger partial charge in [-0.1, -0.05) is 6.92 Å². The lowest BCUT2D eigenvalue weighted by molar-refractivity contribution is -0.137. The Morgan fingerprint density at radius 3 is 3.00 bits per heavy atom. The van der Waals surface area contributed by atoms with Crippen LogP contribution in [0.5, 0.6) is 0 Å². The van der Waals surface area contributed by atoms with Crippen molar-refractivity contribution >= 4 is 5.97 Å². The van der Waals surface area contributed by atoms with Crippen molar-refractivity contribution in [3.8, 4) is 0 Å². The highest BCUT2D eigenvalue weighted by Crippen LogP contribution is 2.21. The summed E-state index contributed by atoms with van der Waals surface area (Å²) in [5.74, 6) is 0.286. The van der Waals surface area contributed by atoms with E-state index < -0.39 is 0 Å². The van der Waals surface area contributed by atoms with Crippen molar-refractivity contribution in [2.75, 3.05) is 13.2 Å². The molecule has 0 unspecified atom stereocenters. The Hall–Kier alpha value is -0.570. The van der Waals surface area contributed by atoms with Crippen LogP contribution in [-0.2, 0) is 9.53 Å². The lowest BCUT2D eigenvalue weighted by atomic mass is 9.94. The van der Waals surface area contributed by atoms with Crippen molar-refractivity contribution in [3.05, 3.63) is 0 Å². The van der Waals surface area contributed by atoms with Gasteiger partial charge >= 0.3 is 5.97 Å². The van der Waals surface area contributed by atoms with Crippen molar-refractivity contribution in [2.24, 2.45) is 11.8 Å². The molecule has 2 atom stereocenters. The molecule has 10 heavy (non-hydrogen) atoms. The first-order valence-electron chi connectivity index (χ1n) is 3.50. The van der Waals surface area contributed by atoms with E-state index in [1.165, 1.54) is 0 Å². The van der Waals surface area contributed by atoms with E-state index >= 15 is 0 Å². The molecule has 0 saturated carbocycles. The third-order valence-electron chi connectivity index (χ3n) is 1.98. The first-order valence-corrected chi connectivity index (χ1v) is 3.50. The van der Waals surface area contributed by atoms with Crippen molar-refractivity contribution in [3.63, 3.8) is 0 Å². The van der Waals surface area contributed by atoms with E-state index in [-0.39, 0.29) is 24.4 Å². The molecule has 1 N–H and O–H groups in total. The fourth-order valence-corrected chi connectivity index (χ4v) is 1.05. The van der Waals surface area contributed by atoms with Crippen LogP contribution in [0.2, 0.25) is 0 Å². The van der Waals surface area contributed by atoms with Crippen LogP contribution >= 0.6 is 0 Å². The molecule has 1 aliphatic rings. The SMILES string of the molecule is C[C@@H](CO)[C@@H]1COC(=O)C1. The maximum atomic E-state index is 10.6. The van der Waals surface area contributed by atoms with Crippen LogP contribution in [0, 0.1) is 11.8 Å². The Kier molecular flexibility index (Phi) is 2.27. The summed E-state index contributed by atoms with van der Waals surface area (Å²) in [4.78, 5) is 10.6. The van der Waals surface area contributed by atoms with E-state index in [9.17, 15) is 4.79 Å². The van der Waals surface area contributed by atoms with E-state index in [1.807, 2.05) is 6.92 Å². The summed E-state index contributed by atoms with van der Waals surface area (Å²) in [5.41, 5.74) is 0. The lowest BCUT2D eigenvalue weighted by Crippen LogP contribution is -2.14. The van der Waals surface area contributed by atoms with Crippen LogP contribution in [0.1, 0.15) is 13.3 Å². The van der Waals surface area contributed by atoms with Gasteiger partial charge in [-0.05, 0) is 5.92 Å². The zero-order valence-corrected chi connectivity index (χ0v) is 6.04. The van der Waals surface area contributed by atoms with Gasteiger partial charge in [-0.25, -0.2) is 0 Å². The van der Waals surface area contributed by atoms with Crippen LogP contribution in [0.4, 0.5) is 0 Å². The number of cyclic esters (lactones) is 1. The molecule has 0 spiro atoms. The summed E-state index contributed by atoms with van der Waals surface area (Å²) in [7, 11) is 0. The number of carbonyl (C=O) groups is 1. The van der Waals surface area contributed by atoms with Gasteiger partial charge in [0.05, 0.1) is 13.0 Å². The van der Waals surface area contributed by atoms with Crippen LogP contribution in [0.15, 0.2) is 0 Å². The molecule has 1 fully saturated rings. The molecule has 0 aromatic heterocycles. The topological polar surface area (TPSA) is 46.5 Å². The predicted molar refractivity (Wildman–Crippen MR) is 35.3 cm³/mol. The van der Waals surface area contributed by atoms with Crippen molar-refractivity contribution in [1.82, 2.24) is 0 Å². The van der Waals surface area contributed by atoms with E-state index in [0.29, 0.717) is 13.0 Å². The molecule has 58 valence electrons. The lowest BCUT2D eigenvalue weighted by Gasteiger charge is -2.11. The average Bonchev–Trinajstić information content (AvgIpc) is 2.34. The summed E-state index contributed by atoms with van der Waals surface area (Å²) in [6, 6.07) is 0.